The van der Waals surface area contributed by atoms with Crippen molar-refractivity contribution < 1.29 is 14.7 Å². The van der Waals surface area contributed by atoms with E-state index in [4.69, 9.17) is 5.11 Å². The van der Waals surface area contributed by atoms with E-state index in [1.807, 2.05) is 44.2 Å². The Bertz CT molecular complexity index is 430. The van der Waals surface area contributed by atoms with Gasteiger partial charge in [-0.3, -0.25) is 9.59 Å². The monoisotopic (exact) mass is 263 g/mol. The summed E-state index contributed by atoms with van der Waals surface area (Å²) in [5.74, 6) is -2.41. The number of rotatable bonds is 6. The number of benzene rings is 1. The average Bonchev–Trinajstić information content (AvgIpc) is 2.43. The molecule has 0 saturated carbocycles. The fourth-order valence-electron chi connectivity index (χ4n) is 1.81. The topological polar surface area (TPSA) is 57.6 Å². The molecule has 1 aromatic carbocycles. The second-order valence-electron chi connectivity index (χ2n) is 4.77. The number of hydrogen-bond donors (Lipinski definition) is 1. The van der Waals surface area contributed by atoms with Crippen molar-refractivity contribution in [3.8, 4) is 0 Å². The van der Waals surface area contributed by atoms with Crippen LogP contribution in [-0.4, -0.2) is 27.9 Å². The van der Waals surface area contributed by atoms with Crippen LogP contribution >= 0.6 is 0 Å². The third-order valence-electron chi connectivity index (χ3n) is 3.34. The summed E-state index contributed by atoms with van der Waals surface area (Å²) in [5, 5.41) is 8.97. The molecule has 104 valence electrons. The predicted molar refractivity (Wildman–Crippen MR) is 73.5 cm³/mol. The summed E-state index contributed by atoms with van der Waals surface area (Å²) in [6, 6.07) is 9.64. The van der Waals surface area contributed by atoms with E-state index in [1.165, 1.54) is 6.92 Å². The Morgan fingerprint density at radius 3 is 2.26 bits per heavy atom. The Kier molecular flexibility index (Phi) is 5.55. The van der Waals surface area contributed by atoms with Crippen LogP contribution in [0, 0.1) is 5.92 Å². The summed E-state index contributed by atoms with van der Waals surface area (Å²) in [5.41, 5.74) is 1.01. The molecule has 0 saturated heterocycles. The average molecular weight is 263 g/mol. The van der Waals surface area contributed by atoms with Crippen LogP contribution in [0.5, 0.6) is 0 Å². The Labute approximate surface area is 114 Å². The van der Waals surface area contributed by atoms with Crippen LogP contribution in [0.2, 0.25) is 0 Å². The molecule has 2 atom stereocenters. The molecule has 1 N–H and O–H groups in total. The maximum atomic E-state index is 12.2. The number of carboxylic acids is 1. The summed E-state index contributed by atoms with van der Waals surface area (Å²) in [4.78, 5) is 24.8. The molecule has 4 nitrogen and oxygen atoms in total. The van der Waals surface area contributed by atoms with Gasteiger partial charge in [-0.2, -0.15) is 0 Å². The van der Waals surface area contributed by atoms with E-state index in [0.29, 0.717) is 6.54 Å². The minimum Gasteiger partial charge on any atom is -0.481 e. The minimum absolute atomic E-state index is 0.0227. The summed E-state index contributed by atoms with van der Waals surface area (Å²) in [7, 11) is 0. The largest absolute Gasteiger partial charge is 0.481 e. The molecule has 19 heavy (non-hydrogen) atoms. The van der Waals surface area contributed by atoms with Gasteiger partial charge >= 0.3 is 5.97 Å². The Hall–Kier alpha value is -1.84. The molecular weight excluding hydrogens is 242 g/mol. The highest BCUT2D eigenvalue weighted by atomic mass is 16.4. The molecule has 0 aromatic heterocycles. The molecule has 0 aliphatic rings. The van der Waals surface area contributed by atoms with E-state index in [0.717, 1.165) is 12.0 Å². The van der Waals surface area contributed by atoms with Crippen LogP contribution in [0.4, 0.5) is 0 Å². The lowest BCUT2D eigenvalue weighted by Crippen LogP contribution is -2.42. The van der Waals surface area contributed by atoms with Gasteiger partial charge in [0.2, 0.25) is 5.91 Å². The van der Waals surface area contributed by atoms with Gasteiger partial charge < -0.3 is 10.0 Å². The molecule has 0 radical (unpaired) electrons. The molecule has 0 spiro atoms. The van der Waals surface area contributed by atoms with Crippen LogP contribution in [0.15, 0.2) is 30.3 Å². The molecule has 0 aliphatic carbocycles. The zero-order valence-corrected chi connectivity index (χ0v) is 11.7. The van der Waals surface area contributed by atoms with Crippen LogP contribution in [0.3, 0.4) is 0 Å². The van der Waals surface area contributed by atoms with Gasteiger partial charge in [0, 0.05) is 12.6 Å². The number of carboxylic acid groups (broad SMARTS) is 1. The molecular formula is C15H21NO3. The Balaban J connectivity index is 2.89. The summed E-state index contributed by atoms with van der Waals surface area (Å²) in [6.45, 7) is 5.81. The van der Waals surface area contributed by atoms with Crippen molar-refractivity contribution in [2.45, 2.75) is 39.8 Å². The third-order valence-corrected chi connectivity index (χ3v) is 3.34. The van der Waals surface area contributed by atoms with Crippen molar-refractivity contribution in [1.82, 2.24) is 4.90 Å². The predicted octanol–water partition coefficient (Wildman–Crippen LogP) is 2.53. The van der Waals surface area contributed by atoms with Crippen LogP contribution in [-0.2, 0) is 16.1 Å². The number of hydrogen-bond acceptors (Lipinski definition) is 2. The minimum atomic E-state index is -1.08. The second-order valence-corrected chi connectivity index (χ2v) is 4.77. The maximum absolute atomic E-state index is 12.2. The SMILES string of the molecule is CCC(C)N(Cc1ccccc1)C(=O)C(C)C(=O)O. The van der Waals surface area contributed by atoms with Gasteiger partial charge in [0.15, 0.2) is 0 Å². The fourth-order valence-corrected chi connectivity index (χ4v) is 1.81. The van der Waals surface area contributed by atoms with E-state index >= 15 is 0 Å². The maximum Gasteiger partial charge on any atom is 0.315 e. The zero-order valence-electron chi connectivity index (χ0n) is 11.7. The quantitative estimate of drug-likeness (QED) is 0.802. The zero-order chi connectivity index (χ0) is 14.4. The highest BCUT2D eigenvalue weighted by molar-refractivity contribution is 5.96. The number of carbonyl (C=O) groups excluding carboxylic acids is 1. The highest BCUT2D eigenvalue weighted by Gasteiger charge is 2.28. The third kappa shape index (κ3) is 4.09. The first-order valence-electron chi connectivity index (χ1n) is 6.54. The van der Waals surface area contributed by atoms with Crippen molar-refractivity contribution >= 4 is 11.9 Å². The molecule has 1 amide bonds. The number of nitrogens with zero attached hydrogens (tertiary/aromatic N) is 1. The number of carbonyl (C=O) groups is 2. The lowest BCUT2D eigenvalue weighted by molar-refractivity contribution is -0.151. The molecule has 0 bridgehead atoms. The van der Waals surface area contributed by atoms with Crippen LogP contribution in [0.25, 0.3) is 0 Å². The molecule has 0 aliphatic heterocycles. The van der Waals surface area contributed by atoms with Crippen molar-refractivity contribution in [3.63, 3.8) is 0 Å². The smallest absolute Gasteiger partial charge is 0.315 e. The van der Waals surface area contributed by atoms with Gasteiger partial charge in [0.1, 0.15) is 5.92 Å². The van der Waals surface area contributed by atoms with Gasteiger partial charge in [-0.05, 0) is 25.8 Å². The van der Waals surface area contributed by atoms with Gasteiger partial charge in [-0.25, -0.2) is 0 Å². The molecule has 4 heteroatoms. The van der Waals surface area contributed by atoms with Crippen LogP contribution < -0.4 is 0 Å². The fraction of sp³-hybridized carbons (Fsp3) is 0.467. The number of aliphatic carboxylic acids is 1. The first kappa shape index (κ1) is 15.2. The Morgan fingerprint density at radius 1 is 1.21 bits per heavy atom. The van der Waals surface area contributed by atoms with Crippen molar-refractivity contribution in [2.24, 2.45) is 5.92 Å². The number of amides is 1. The summed E-state index contributed by atoms with van der Waals surface area (Å²) < 4.78 is 0. The van der Waals surface area contributed by atoms with E-state index in [9.17, 15) is 9.59 Å². The summed E-state index contributed by atoms with van der Waals surface area (Å²) in [6.07, 6.45) is 0.797. The van der Waals surface area contributed by atoms with Gasteiger partial charge in [0.25, 0.3) is 0 Å². The second kappa shape index (κ2) is 6.92. The normalized spacial score (nSPS) is 13.6. The highest BCUT2D eigenvalue weighted by Crippen LogP contribution is 2.14. The van der Waals surface area contributed by atoms with Gasteiger partial charge in [-0.1, -0.05) is 37.3 Å². The first-order chi connectivity index (χ1) is 8.97. The Morgan fingerprint density at radius 2 is 1.79 bits per heavy atom. The molecule has 1 rings (SSSR count). The van der Waals surface area contributed by atoms with E-state index in [-0.39, 0.29) is 11.9 Å². The van der Waals surface area contributed by atoms with Crippen molar-refractivity contribution in [3.05, 3.63) is 35.9 Å². The standard InChI is InChI=1S/C15H21NO3/c1-4-11(2)16(14(17)12(3)15(18)19)10-13-8-6-5-7-9-13/h5-9,11-12H,4,10H2,1-3H3,(H,18,19). The van der Waals surface area contributed by atoms with E-state index < -0.39 is 11.9 Å². The van der Waals surface area contributed by atoms with Crippen LogP contribution in [0.1, 0.15) is 32.8 Å². The lowest BCUT2D eigenvalue weighted by atomic mass is 10.1. The van der Waals surface area contributed by atoms with E-state index in [2.05, 4.69) is 0 Å². The van der Waals surface area contributed by atoms with Gasteiger partial charge in [0.05, 0.1) is 0 Å². The summed E-state index contributed by atoms with van der Waals surface area (Å²) >= 11 is 0. The molecule has 2 unspecified atom stereocenters. The molecule has 0 fully saturated rings. The van der Waals surface area contributed by atoms with Crippen molar-refractivity contribution in [2.75, 3.05) is 0 Å². The molecule has 1 aromatic rings. The lowest BCUT2D eigenvalue weighted by Gasteiger charge is -2.30. The first-order valence-corrected chi connectivity index (χ1v) is 6.54. The van der Waals surface area contributed by atoms with E-state index in [1.54, 1.807) is 4.90 Å². The van der Waals surface area contributed by atoms with Crippen molar-refractivity contribution in [1.29, 1.82) is 0 Å². The van der Waals surface area contributed by atoms with Gasteiger partial charge in [-0.15, -0.1) is 0 Å². The molecule has 0 heterocycles.